The van der Waals surface area contributed by atoms with E-state index in [-0.39, 0.29) is 10.6 Å². The number of ether oxygens (including phenoxy) is 1. The highest BCUT2D eigenvalue weighted by Gasteiger charge is 2.17. The van der Waals surface area contributed by atoms with Crippen LogP contribution in [-0.4, -0.2) is 23.5 Å². The van der Waals surface area contributed by atoms with E-state index in [0.717, 1.165) is 0 Å². The minimum atomic E-state index is -1.26. The Hall–Kier alpha value is -1.33. The lowest BCUT2D eigenvalue weighted by atomic mass is 10.1. The molecular weight excluding hydrogens is 273 g/mol. The molecule has 0 aromatic heterocycles. The molecular formula is C13H17ClFNO3. The van der Waals surface area contributed by atoms with Crippen LogP contribution in [0.3, 0.4) is 0 Å². The van der Waals surface area contributed by atoms with Crippen LogP contribution in [0.1, 0.15) is 32.4 Å². The van der Waals surface area contributed by atoms with Crippen molar-refractivity contribution in [1.29, 1.82) is 0 Å². The molecule has 1 amide bonds. The molecule has 0 radical (unpaired) electrons. The lowest BCUT2D eigenvalue weighted by molar-refractivity contribution is 0.0636. The summed E-state index contributed by atoms with van der Waals surface area (Å²) in [5, 5.41) is 12.0. The van der Waals surface area contributed by atoms with Gasteiger partial charge in [0.05, 0.1) is 0 Å². The van der Waals surface area contributed by atoms with Crippen molar-refractivity contribution in [2.75, 3.05) is 12.0 Å². The highest BCUT2D eigenvalue weighted by Crippen LogP contribution is 2.26. The Bertz CT molecular complexity index is 460. The molecule has 0 bridgehead atoms. The van der Waals surface area contributed by atoms with Crippen molar-refractivity contribution in [1.82, 2.24) is 0 Å². The first-order valence-electron chi connectivity index (χ1n) is 5.76. The molecule has 0 spiro atoms. The average Bonchev–Trinajstić information content (AvgIpc) is 2.25. The topological polar surface area (TPSA) is 58.6 Å². The molecule has 0 heterocycles. The maximum Gasteiger partial charge on any atom is 0.412 e. The van der Waals surface area contributed by atoms with Crippen LogP contribution in [0.2, 0.25) is 5.02 Å². The van der Waals surface area contributed by atoms with Crippen LogP contribution in [0.4, 0.5) is 14.9 Å². The van der Waals surface area contributed by atoms with Crippen molar-refractivity contribution in [2.45, 2.75) is 32.5 Å². The minimum Gasteiger partial charge on any atom is -0.444 e. The average molecular weight is 290 g/mol. The van der Waals surface area contributed by atoms with E-state index in [9.17, 15) is 14.3 Å². The lowest BCUT2D eigenvalue weighted by Gasteiger charge is -2.20. The van der Waals surface area contributed by atoms with E-state index in [2.05, 4.69) is 5.32 Å². The van der Waals surface area contributed by atoms with E-state index in [1.165, 1.54) is 18.2 Å². The van der Waals surface area contributed by atoms with Crippen LogP contribution in [-0.2, 0) is 4.74 Å². The number of hydrogen-bond donors (Lipinski definition) is 2. The Morgan fingerprint density at radius 3 is 2.63 bits per heavy atom. The summed E-state index contributed by atoms with van der Waals surface area (Å²) < 4.78 is 17.4. The number of aliphatic hydroxyl groups is 1. The van der Waals surface area contributed by atoms with Gasteiger partial charge in [0.2, 0.25) is 0 Å². The van der Waals surface area contributed by atoms with Gasteiger partial charge in [0.25, 0.3) is 0 Å². The summed E-state index contributed by atoms with van der Waals surface area (Å²) in [6.45, 7) is 4.33. The number of amides is 1. The minimum absolute atomic E-state index is 0.179. The van der Waals surface area contributed by atoms with Crippen molar-refractivity contribution in [3.63, 3.8) is 0 Å². The summed E-state index contributed by atoms with van der Waals surface area (Å²) in [6, 6.07) is 4.41. The molecule has 1 atom stereocenters. The number of hydrogen-bond acceptors (Lipinski definition) is 3. The Morgan fingerprint density at radius 2 is 2.16 bits per heavy atom. The van der Waals surface area contributed by atoms with E-state index in [1.54, 1.807) is 20.8 Å². The number of benzene rings is 1. The third-order valence-corrected chi connectivity index (χ3v) is 2.48. The molecule has 1 aromatic carbocycles. The van der Waals surface area contributed by atoms with Gasteiger partial charge in [0.15, 0.2) is 0 Å². The number of halogens is 2. The van der Waals surface area contributed by atoms with Crippen LogP contribution in [0.5, 0.6) is 0 Å². The maximum atomic E-state index is 12.4. The van der Waals surface area contributed by atoms with Gasteiger partial charge in [-0.15, -0.1) is 0 Å². The first-order chi connectivity index (χ1) is 8.73. The van der Waals surface area contributed by atoms with E-state index >= 15 is 0 Å². The van der Waals surface area contributed by atoms with Gasteiger partial charge in [-0.1, -0.05) is 17.7 Å². The van der Waals surface area contributed by atoms with Gasteiger partial charge in [0.1, 0.15) is 18.4 Å². The molecule has 1 rings (SSSR count). The van der Waals surface area contributed by atoms with Crippen molar-refractivity contribution in [3.05, 3.63) is 28.8 Å². The third kappa shape index (κ3) is 5.04. The summed E-state index contributed by atoms with van der Waals surface area (Å²) in [7, 11) is 0. The zero-order valence-electron chi connectivity index (χ0n) is 11.0. The Kier molecular flexibility index (Phi) is 5.14. The zero-order chi connectivity index (χ0) is 14.6. The first kappa shape index (κ1) is 15.7. The molecule has 19 heavy (non-hydrogen) atoms. The van der Waals surface area contributed by atoms with Gasteiger partial charge < -0.3 is 9.84 Å². The molecule has 106 valence electrons. The quantitative estimate of drug-likeness (QED) is 0.892. The SMILES string of the molecule is CC(C)(C)OC(=O)Nc1ccc(C(O)CF)c(Cl)c1. The molecule has 4 nitrogen and oxygen atoms in total. The Labute approximate surface area is 116 Å². The lowest BCUT2D eigenvalue weighted by Crippen LogP contribution is -2.27. The first-order valence-corrected chi connectivity index (χ1v) is 6.14. The molecule has 1 unspecified atom stereocenters. The monoisotopic (exact) mass is 289 g/mol. The second-order valence-corrected chi connectivity index (χ2v) is 5.44. The number of anilines is 1. The van der Waals surface area contributed by atoms with Gasteiger partial charge in [-0.2, -0.15) is 0 Å². The van der Waals surface area contributed by atoms with Gasteiger partial charge in [-0.3, -0.25) is 5.32 Å². The highest BCUT2D eigenvalue weighted by atomic mass is 35.5. The van der Waals surface area contributed by atoms with Crippen LogP contribution in [0.25, 0.3) is 0 Å². The number of rotatable bonds is 3. The van der Waals surface area contributed by atoms with E-state index < -0.39 is 24.5 Å². The van der Waals surface area contributed by atoms with E-state index in [0.29, 0.717) is 5.69 Å². The van der Waals surface area contributed by atoms with Crippen molar-refractivity contribution in [2.24, 2.45) is 0 Å². The predicted octanol–water partition coefficient (Wildman–Crippen LogP) is 3.69. The number of aliphatic hydroxyl groups excluding tert-OH is 1. The van der Waals surface area contributed by atoms with Crippen molar-refractivity contribution < 1.29 is 19.0 Å². The van der Waals surface area contributed by atoms with Gasteiger partial charge in [0, 0.05) is 16.3 Å². The molecule has 0 fully saturated rings. The largest absolute Gasteiger partial charge is 0.444 e. The normalized spacial score (nSPS) is 12.9. The van der Waals surface area contributed by atoms with Gasteiger partial charge >= 0.3 is 6.09 Å². The number of alkyl halides is 1. The molecule has 2 N–H and O–H groups in total. The summed E-state index contributed by atoms with van der Waals surface area (Å²) >= 11 is 5.90. The smallest absolute Gasteiger partial charge is 0.412 e. The molecule has 1 aromatic rings. The fourth-order valence-corrected chi connectivity index (χ4v) is 1.69. The highest BCUT2D eigenvalue weighted by molar-refractivity contribution is 6.31. The Morgan fingerprint density at radius 1 is 1.53 bits per heavy atom. The van der Waals surface area contributed by atoms with Crippen LogP contribution in [0.15, 0.2) is 18.2 Å². The summed E-state index contributed by atoms with van der Waals surface area (Å²) in [6.07, 6.45) is -1.87. The Balaban J connectivity index is 2.76. The third-order valence-electron chi connectivity index (χ3n) is 2.15. The van der Waals surface area contributed by atoms with Crippen LogP contribution < -0.4 is 5.32 Å². The molecule has 0 aliphatic heterocycles. The van der Waals surface area contributed by atoms with Crippen LogP contribution in [0, 0.1) is 0 Å². The summed E-state index contributed by atoms with van der Waals surface area (Å²) in [5.74, 6) is 0. The fourth-order valence-electron chi connectivity index (χ4n) is 1.38. The van der Waals surface area contributed by atoms with Gasteiger partial charge in [-0.25, -0.2) is 9.18 Å². The molecule has 0 saturated heterocycles. The summed E-state index contributed by atoms with van der Waals surface area (Å²) in [4.78, 5) is 11.5. The number of nitrogens with one attached hydrogen (secondary N) is 1. The standard InChI is InChI=1S/C13H17ClFNO3/c1-13(2,3)19-12(18)16-8-4-5-9(10(14)6-8)11(17)7-15/h4-6,11,17H,7H2,1-3H3,(H,16,18). The molecule has 0 saturated carbocycles. The zero-order valence-corrected chi connectivity index (χ0v) is 11.8. The second kappa shape index (κ2) is 6.21. The molecule has 0 aliphatic carbocycles. The second-order valence-electron chi connectivity index (χ2n) is 5.03. The molecule has 0 aliphatic rings. The maximum absolute atomic E-state index is 12.4. The predicted molar refractivity (Wildman–Crippen MR) is 72.2 cm³/mol. The number of carbonyl (C=O) groups excluding carboxylic acids is 1. The van der Waals surface area contributed by atoms with Crippen LogP contribution >= 0.6 is 11.6 Å². The van der Waals surface area contributed by atoms with E-state index in [4.69, 9.17) is 16.3 Å². The van der Waals surface area contributed by atoms with E-state index in [1.807, 2.05) is 0 Å². The fraction of sp³-hybridized carbons (Fsp3) is 0.462. The number of carbonyl (C=O) groups is 1. The van der Waals surface area contributed by atoms with Crippen molar-refractivity contribution >= 4 is 23.4 Å². The van der Waals surface area contributed by atoms with Crippen molar-refractivity contribution in [3.8, 4) is 0 Å². The van der Waals surface area contributed by atoms with Gasteiger partial charge in [-0.05, 0) is 32.9 Å². The summed E-state index contributed by atoms with van der Waals surface area (Å²) in [5.41, 5.74) is 0.0890. The molecule has 6 heteroatoms.